The van der Waals surface area contributed by atoms with E-state index >= 15 is 0 Å². The van der Waals surface area contributed by atoms with Crippen molar-refractivity contribution in [2.75, 3.05) is 25.6 Å². The maximum Gasteiger partial charge on any atom is 0.265 e. The molecule has 0 aliphatic rings. The zero-order valence-electron chi connectivity index (χ0n) is 14.2. The van der Waals surface area contributed by atoms with E-state index in [0.29, 0.717) is 30.4 Å². The minimum absolute atomic E-state index is 0.215. The molecule has 0 radical (unpaired) electrons. The molecule has 128 valence electrons. The summed E-state index contributed by atoms with van der Waals surface area (Å²) in [4.78, 5) is 12.3. The summed E-state index contributed by atoms with van der Waals surface area (Å²) in [5.41, 5.74) is 1.65. The number of para-hydroxylation sites is 1. The second-order valence-corrected chi connectivity index (χ2v) is 5.38. The molecule has 0 saturated heterocycles. The highest BCUT2D eigenvalue weighted by molar-refractivity contribution is 5.94. The lowest BCUT2D eigenvalue weighted by Crippen LogP contribution is -2.30. The molecule has 1 unspecified atom stereocenters. The molecule has 0 saturated carbocycles. The van der Waals surface area contributed by atoms with Crippen molar-refractivity contribution >= 4 is 11.6 Å². The maximum absolute atomic E-state index is 12.3. The molecule has 0 bridgehead atoms. The number of anilines is 1. The average molecular weight is 329 g/mol. The molecule has 1 N–H and O–H groups in total. The van der Waals surface area contributed by atoms with Gasteiger partial charge >= 0.3 is 0 Å². The van der Waals surface area contributed by atoms with Crippen molar-refractivity contribution < 1.29 is 19.0 Å². The van der Waals surface area contributed by atoms with Gasteiger partial charge in [0.2, 0.25) is 0 Å². The Morgan fingerprint density at radius 1 is 1.12 bits per heavy atom. The highest BCUT2D eigenvalue weighted by Crippen LogP contribution is 2.20. The molecule has 1 amide bonds. The zero-order valence-corrected chi connectivity index (χ0v) is 14.2. The van der Waals surface area contributed by atoms with E-state index in [0.717, 1.165) is 5.56 Å². The molecule has 0 aliphatic carbocycles. The quantitative estimate of drug-likeness (QED) is 0.754. The van der Waals surface area contributed by atoms with Crippen LogP contribution in [0.2, 0.25) is 0 Å². The largest absolute Gasteiger partial charge is 0.491 e. The average Bonchev–Trinajstić information content (AvgIpc) is 2.57. The van der Waals surface area contributed by atoms with Gasteiger partial charge in [-0.15, -0.1) is 0 Å². The smallest absolute Gasteiger partial charge is 0.265 e. The van der Waals surface area contributed by atoms with Gasteiger partial charge in [0.05, 0.1) is 6.61 Å². The van der Waals surface area contributed by atoms with E-state index in [4.69, 9.17) is 14.2 Å². The van der Waals surface area contributed by atoms with Gasteiger partial charge in [-0.05, 0) is 37.6 Å². The molecule has 0 aromatic heterocycles. The predicted molar refractivity (Wildman–Crippen MR) is 93.7 cm³/mol. The Kier molecular flexibility index (Phi) is 6.63. The van der Waals surface area contributed by atoms with Crippen LogP contribution < -0.4 is 14.8 Å². The van der Waals surface area contributed by atoms with E-state index in [1.807, 2.05) is 49.4 Å². The van der Waals surface area contributed by atoms with Crippen molar-refractivity contribution in [3.63, 3.8) is 0 Å². The van der Waals surface area contributed by atoms with Crippen LogP contribution in [0.1, 0.15) is 12.5 Å². The fourth-order valence-corrected chi connectivity index (χ4v) is 2.08. The Bertz CT molecular complexity index is 672. The Morgan fingerprint density at radius 2 is 1.92 bits per heavy atom. The summed E-state index contributed by atoms with van der Waals surface area (Å²) in [6.07, 6.45) is -0.607. The number of nitrogens with one attached hydrogen (secondary N) is 1. The Hall–Kier alpha value is -2.53. The van der Waals surface area contributed by atoms with Crippen LogP contribution in [0.25, 0.3) is 0 Å². The SMILES string of the molecule is COCCOc1cccc(NC(=O)C(C)Oc2ccccc2C)c1. The Balaban J connectivity index is 1.93. The third-order valence-corrected chi connectivity index (χ3v) is 3.42. The minimum Gasteiger partial charge on any atom is -0.491 e. The molecule has 0 fully saturated rings. The Morgan fingerprint density at radius 3 is 2.67 bits per heavy atom. The molecule has 24 heavy (non-hydrogen) atoms. The standard InChI is InChI=1S/C19H23NO4/c1-14-7-4-5-10-18(14)24-15(2)19(21)20-16-8-6-9-17(13-16)23-12-11-22-3/h4-10,13,15H,11-12H2,1-3H3,(H,20,21). The maximum atomic E-state index is 12.3. The van der Waals surface area contributed by atoms with Crippen molar-refractivity contribution in [1.82, 2.24) is 0 Å². The van der Waals surface area contributed by atoms with Gasteiger partial charge in [0, 0.05) is 18.9 Å². The zero-order chi connectivity index (χ0) is 17.4. The van der Waals surface area contributed by atoms with Gasteiger partial charge in [-0.2, -0.15) is 0 Å². The van der Waals surface area contributed by atoms with Crippen molar-refractivity contribution in [3.8, 4) is 11.5 Å². The summed E-state index contributed by atoms with van der Waals surface area (Å²) in [5, 5.41) is 2.84. The lowest BCUT2D eigenvalue weighted by molar-refractivity contribution is -0.122. The normalized spacial score (nSPS) is 11.6. The number of amides is 1. The summed E-state index contributed by atoms with van der Waals surface area (Å²) >= 11 is 0. The van der Waals surface area contributed by atoms with Gasteiger partial charge in [-0.25, -0.2) is 0 Å². The van der Waals surface area contributed by atoms with Crippen molar-refractivity contribution in [3.05, 3.63) is 54.1 Å². The highest BCUT2D eigenvalue weighted by Gasteiger charge is 2.15. The second-order valence-electron chi connectivity index (χ2n) is 5.38. The molecule has 5 nitrogen and oxygen atoms in total. The predicted octanol–water partition coefficient (Wildman–Crippen LogP) is 3.43. The van der Waals surface area contributed by atoms with Gasteiger partial charge in [0.15, 0.2) is 6.10 Å². The molecule has 1 atom stereocenters. The van der Waals surface area contributed by atoms with Gasteiger partial charge in [0.1, 0.15) is 18.1 Å². The number of ether oxygens (including phenoxy) is 3. The number of carbonyl (C=O) groups is 1. The van der Waals surface area contributed by atoms with E-state index in [9.17, 15) is 4.79 Å². The second kappa shape index (κ2) is 8.93. The Labute approximate surface area is 142 Å². The van der Waals surface area contributed by atoms with Crippen LogP contribution in [-0.4, -0.2) is 32.3 Å². The van der Waals surface area contributed by atoms with Crippen LogP contribution in [0.15, 0.2) is 48.5 Å². The van der Waals surface area contributed by atoms with Gasteiger partial charge in [-0.1, -0.05) is 24.3 Å². The first-order chi connectivity index (χ1) is 11.6. The number of hydrogen-bond donors (Lipinski definition) is 1. The molecule has 2 aromatic carbocycles. The minimum atomic E-state index is -0.607. The number of rotatable bonds is 8. The summed E-state index contributed by atoms with van der Waals surface area (Å²) in [6, 6.07) is 14.8. The van der Waals surface area contributed by atoms with Crippen LogP contribution in [0.4, 0.5) is 5.69 Å². The van der Waals surface area contributed by atoms with Crippen molar-refractivity contribution in [2.45, 2.75) is 20.0 Å². The highest BCUT2D eigenvalue weighted by atomic mass is 16.5. The molecule has 0 spiro atoms. The van der Waals surface area contributed by atoms with E-state index < -0.39 is 6.10 Å². The third kappa shape index (κ3) is 5.28. The van der Waals surface area contributed by atoms with E-state index in [-0.39, 0.29) is 5.91 Å². The van der Waals surface area contributed by atoms with Crippen LogP contribution in [0.5, 0.6) is 11.5 Å². The van der Waals surface area contributed by atoms with Crippen LogP contribution >= 0.6 is 0 Å². The number of carbonyl (C=O) groups excluding carboxylic acids is 1. The molecule has 2 aromatic rings. The number of hydrogen-bond acceptors (Lipinski definition) is 4. The van der Waals surface area contributed by atoms with Crippen LogP contribution in [0, 0.1) is 6.92 Å². The molecular weight excluding hydrogens is 306 g/mol. The first-order valence-corrected chi connectivity index (χ1v) is 7.85. The topological polar surface area (TPSA) is 56.8 Å². The molecular formula is C19H23NO4. The van der Waals surface area contributed by atoms with Crippen LogP contribution in [-0.2, 0) is 9.53 Å². The summed E-state index contributed by atoms with van der Waals surface area (Å²) < 4.78 is 16.2. The van der Waals surface area contributed by atoms with Crippen LogP contribution in [0.3, 0.4) is 0 Å². The summed E-state index contributed by atoms with van der Waals surface area (Å²) in [5.74, 6) is 1.17. The van der Waals surface area contributed by atoms with Gasteiger partial charge in [0.25, 0.3) is 5.91 Å². The number of methoxy groups -OCH3 is 1. The molecule has 2 rings (SSSR count). The van der Waals surface area contributed by atoms with Gasteiger partial charge in [-0.3, -0.25) is 4.79 Å². The van der Waals surface area contributed by atoms with E-state index in [2.05, 4.69) is 5.32 Å². The lowest BCUT2D eigenvalue weighted by Gasteiger charge is -2.16. The fraction of sp³-hybridized carbons (Fsp3) is 0.316. The lowest BCUT2D eigenvalue weighted by atomic mass is 10.2. The van der Waals surface area contributed by atoms with Gasteiger partial charge < -0.3 is 19.5 Å². The molecule has 0 heterocycles. The summed E-state index contributed by atoms with van der Waals surface area (Å²) in [6.45, 7) is 4.64. The molecule has 5 heteroatoms. The number of aryl methyl sites for hydroxylation is 1. The number of benzene rings is 2. The molecule has 0 aliphatic heterocycles. The first-order valence-electron chi connectivity index (χ1n) is 7.85. The van der Waals surface area contributed by atoms with Crippen molar-refractivity contribution in [1.29, 1.82) is 0 Å². The monoisotopic (exact) mass is 329 g/mol. The fourth-order valence-electron chi connectivity index (χ4n) is 2.08. The summed E-state index contributed by atoms with van der Waals surface area (Å²) in [7, 11) is 1.62. The van der Waals surface area contributed by atoms with E-state index in [1.165, 1.54) is 0 Å². The third-order valence-electron chi connectivity index (χ3n) is 3.42. The van der Waals surface area contributed by atoms with Crippen molar-refractivity contribution in [2.24, 2.45) is 0 Å². The first kappa shape index (κ1) is 17.8. The van der Waals surface area contributed by atoms with E-state index in [1.54, 1.807) is 20.1 Å².